The molecule has 1 saturated heterocycles. The van der Waals surface area contributed by atoms with Gasteiger partial charge in [0.2, 0.25) is 0 Å². The lowest BCUT2D eigenvalue weighted by Crippen LogP contribution is -2.59. The van der Waals surface area contributed by atoms with Crippen molar-refractivity contribution in [2.75, 3.05) is 40.0 Å². The number of aryl methyl sites for hydroxylation is 1. The van der Waals surface area contributed by atoms with Crippen LogP contribution in [0.1, 0.15) is 68.5 Å². The summed E-state index contributed by atoms with van der Waals surface area (Å²) in [6.45, 7) is 6.99. The summed E-state index contributed by atoms with van der Waals surface area (Å²) >= 11 is 0. The van der Waals surface area contributed by atoms with Crippen molar-refractivity contribution in [3.05, 3.63) is 69.8 Å². The summed E-state index contributed by atoms with van der Waals surface area (Å²) in [6.07, 6.45) is 12.8. The van der Waals surface area contributed by atoms with Crippen LogP contribution in [0.25, 0.3) is 10.8 Å². The molecular weight excluding hydrogens is 731 g/mol. The Hall–Kier alpha value is -1.94. The van der Waals surface area contributed by atoms with Crippen LogP contribution in [0.5, 0.6) is 0 Å². The number of hydrogen-bond donors (Lipinski definition) is 0. The number of ether oxygens (including phenoxy) is 2. The molecule has 2 aromatic carbocycles. The van der Waals surface area contributed by atoms with Crippen LogP contribution in [0.3, 0.4) is 0 Å². The van der Waals surface area contributed by atoms with Gasteiger partial charge in [-0.25, -0.2) is 0 Å². The van der Waals surface area contributed by atoms with Gasteiger partial charge in [0.1, 0.15) is 0 Å². The number of methoxy groups -OCH3 is 1. The molecule has 0 radical (unpaired) electrons. The SMILES string of the molecule is COCCOCCN1CC2C3=C4C5C6=C(C3)CC3CC7CC8CC9CC%10CC%11CC2(C2C4C4C5C5C(C63)C7C3C8C9C6C%10C(C4C6C35)C%112)C1c1cccc2c(C)cccc12. The second-order valence-electron chi connectivity index (χ2n) is 26.3. The lowest BCUT2D eigenvalue weighted by Gasteiger charge is -2.62. The van der Waals surface area contributed by atoms with Gasteiger partial charge in [-0.1, -0.05) is 58.7 Å². The minimum atomic E-state index is 0.368. The van der Waals surface area contributed by atoms with Crippen LogP contribution in [-0.4, -0.2) is 44.9 Å². The average Bonchev–Trinajstić information content (AvgIpc) is 4.11. The van der Waals surface area contributed by atoms with E-state index < -0.39 is 0 Å². The smallest absolute Gasteiger partial charge is 0.0700 e. The summed E-state index contributed by atoms with van der Waals surface area (Å²) < 4.78 is 12.0. The average molecular weight is 796 g/mol. The molecule has 3 nitrogen and oxygen atoms in total. The summed E-state index contributed by atoms with van der Waals surface area (Å²) in [5, 5.41) is 3.09. The fourth-order valence-electron chi connectivity index (χ4n) is 27.3. The highest BCUT2D eigenvalue weighted by Crippen LogP contribution is 2.93. The van der Waals surface area contributed by atoms with Gasteiger partial charge in [0.25, 0.3) is 0 Å². The Labute approximate surface area is 357 Å². The van der Waals surface area contributed by atoms with Gasteiger partial charge in [0.15, 0.2) is 0 Å². The number of nitrogens with zero attached hydrogens (tertiary/aromatic N) is 1. The molecule has 0 bridgehead atoms. The Balaban J connectivity index is 0.892. The first-order valence-electron chi connectivity index (χ1n) is 26.4. The van der Waals surface area contributed by atoms with Gasteiger partial charge in [0, 0.05) is 43.5 Å². The molecule has 1 aliphatic heterocycles. The maximum absolute atomic E-state index is 6.47. The van der Waals surface area contributed by atoms with Crippen LogP contribution in [0.15, 0.2) is 58.7 Å². The Morgan fingerprint density at radius 3 is 2.08 bits per heavy atom. The van der Waals surface area contributed by atoms with E-state index in [9.17, 15) is 0 Å². The monoisotopic (exact) mass is 796 g/mol. The van der Waals surface area contributed by atoms with E-state index in [0.717, 1.165) is 161 Å². The molecule has 28 atom stereocenters. The van der Waals surface area contributed by atoms with Crippen LogP contribution in [-0.2, 0) is 9.47 Å². The predicted molar refractivity (Wildman–Crippen MR) is 230 cm³/mol. The van der Waals surface area contributed by atoms with Crippen LogP contribution in [0.2, 0.25) is 0 Å². The summed E-state index contributed by atoms with van der Waals surface area (Å²) in [4.78, 5) is 3.12. The molecular formula is C57H65NO2. The molecule has 0 N–H and O–H groups in total. The first kappa shape index (κ1) is 32.7. The highest BCUT2D eigenvalue weighted by atomic mass is 16.5. The molecule has 1 spiro atoms. The molecule has 2 aromatic rings. The van der Waals surface area contributed by atoms with Crippen molar-refractivity contribution in [1.82, 2.24) is 4.90 Å². The van der Waals surface area contributed by atoms with Crippen molar-refractivity contribution in [2.24, 2.45) is 159 Å². The van der Waals surface area contributed by atoms with Gasteiger partial charge in [-0.05, 0) is 222 Å². The molecule has 13 saturated carbocycles. The third-order valence-electron chi connectivity index (χ3n) is 26.4. The molecule has 3 heteroatoms. The van der Waals surface area contributed by atoms with Gasteiger partial charge in [0.05, 0.1) is 19.8 Å². The van der Waals surface area contributed by atoms with E-state index in [-0.39, 0.29) is 0 Å². The summed E-state index contributed by atoms with van der Waals surface area (Å²) in [7, 11) is 1.83. The molecule has 60 heavy (non-hydrogen) atoms. The number of fused-ring (bicyclic) bond motifs is 2. The van der Waals surface area contributed by atoms with Crippen LogP contribution < -0.4 is 0 Å². The quantitative estimate of drug-likeness (QED) is 0.206. The minimum Gasteiger partial charge on any atom is -0.382 e. The molecule has 14 fully saturated rings. The van der Waals surface area contributed by atoms with E-state index in [4.69, 9.17) is 9.47 Å². The van der Waals surface area contributed by atoms with Crippen LogP contribution in [0.4, 0.5) is 0 Å². The van der Waals surface area contributed by atoms with Crippen molar-refractivity contribution in [3.63, 3.8) is 0 Å². The summed E-state index contributed by atoms with van der Waals surface area (Å²) in [5.74, 6) is 27.6. The molecule has 0 amide bonds. The number of allylic oxidation sites excluding steroid dienone is 3. The number of hydrogen-bond acceptors (Lipinski definition) is 3. The number of rotatable bonds is 7. The molecule has 310 valence electrons. The fraction of sp³-hybridized carbons (Fsp3) is 0.754. The Bertz CT molecular complexity index is 2460. The zero-order chi connectivity index (χ0) is 38.1. The van der Waals surface area contributed by atoms with Crippen molar-refractivity contribution in [2.45, 2.75) is 64.3 Å². The van der Waals surface area contributed by atoms with E-state index >= 15 is 0 Å². The zero-order valence-corrected chi connectivity index (χ0v) is 36.0. The maximum atomic E-state index is 6.47. The van der Waals surface area contributed by atoms with E-state index in [1.54, 1.807) is 49.5 Å². The minimum absolute atomic E-state index is 0.368. The lowest BCUT2D eigenvalue weighted by atomic mass is 9.41. The van der Waals surface area contributed by atoms with Crippen LogP contribution >= 0.6 is 0 Å². The Morgan fingerprint density at radius 2 is 1.27 bits per heavy atom. The number of likely N-dealkylation sites (tertiary alicyclic amines) is 1. The Morgan fingerprint density at radius 1 is 0.617 bits per heavy atom. The highest BCUT2D eigenvalue weighted by molar-refractivity contribution is 5.89. The molecule has 28 unspecified atom stereocenters. The number of benzene rings is 2. The summed E-state index contributed by atoms with van der Waals surface area (Å²) in [6, 6.07) is 15.4. The molecule has 16 aliphatic carbocycles. The third kappa shape index (κ3) is 3.05. The molecule has 1 heterocycles. The van der Waals surface area contributed by atoms with E-state index in [1.165, 1.54) is 36.3 Å². The summed E-state index contributed by atoms with van der Waals surface area (Å²) in [5.41, 5.74) is 12.2. The second kappa shape index (κ2) is 10.1. The van der Waals surface area contributed by atoms with E-state index in [0.29, 0.717) is 24.7 Å². The molecule has 0 aromatic heterocycles. The zero-order valence-electron chi connectivity index (χ0n) is 36.0. The second-order valence-corrected chi connectivity index (χ2v) is 26.3. The fourth-order valence-corrected chi connectivity index (χ4v) is 27.3. The Kier molecular flexibility index (Phi) is 5.52. The van der Waals surface area contributed by atoms with Gasteiger partial charge < -0.3 is 9.47 Å². The van der Waals surface area contributed by atoms with Crippen molar-refractivity contribution in [3.8, 4) is 0 Å². The first-order valence-corrected chi connectivity index (χ1v) is 26.4. The van der Waals surface area contributed by atoms with Gasteiger partial charge >= 0.3 is 0 Å². The normalized spacial score (nSPS) is 62.0. The van der Waals surface area contributed by atoms with Crippen molar-refractivity contribution < 1.29 is 9.47 Å². The van der Waals surface area contributed by atoms with E-state index in [1.807, 2.05) is 7.11 Å². The van der Waals surface area contributed by atoms with Crippen LogP contribution in [0, 0.1) is 166 Å². The predicted octanol–water partition coefficient (Wildman–Crippen LogP) is 10.1. The highest BCUT2D eigenvalue weighted by Gasteiger charge is 2.88. The van der Waals surface area contributed by atoms with Crippen molar-refractivity contribution in [1.29, 1.82) is 0 Å². The van der Waals surface area contributed by atoms with Gasteiger partial charge in [-0.2, -0.15) is 0 Å². The molecule has 19 rings (SSSR count). The first-order chi connectivity index (χ1) is 29.7. The maximum Gasteiger partial charge on any atom is 0.0700 e. The van der Waals surface area contributed by atoms with Gasteiger partial charge in [-0.3, -0.25) is 4.90 Å². The largest absolute Gasteiger partial charge is 0.382 e. The van der Waals surface area contributed by atoms with Crippen molar-refractivity contribution >= 4 is 10.8 Å². The third-order valence-corrected chi connectivity index (χ3v) is 26.4. The standard InChI is InChI=1S/C57H65NO2/c1-22-5-3-7-31-30(22)6-4-8-32(31)56-57-20-29-18-27-16-24-13-23-14-26-15-25-17-28-19-33(34(57)21-58(56)9-10-60-12-11-59-2)42-47-38(28)37(25)44-39(26)43-35(23)36(24)45-40(27)46-41(29)55(57)54(42)53-51(46)49(45)48(43)50(44)52(47)53/h3-8,23-27,29,34-37,39-41,43-56H,9-21H2,1-2H3. The lowest BCUT2D eigenvalue weighted by molar-refractivity contribution is -0.149. The molecule has 17 aliphatic rings. The van der Waals surface area contributed by atoms with Gasteiger partial charge in [-0.15, -0.1) is 0 Å². The topological polar surface area (TPSA) is 21.7 Å². The van der Waals surface area contributed by atoms with E-state index in [2.05, 4.69) is 70.5 Å².